The number of hydrogen-bond donors (Lipinski definition) is 2. The molecule has 5 nitrogen and oxygen atoms in total. The van der Waals surface area contributed by atoms with Gasteiger partial charge in [-0.2, -0.15) is 5.10 Å². The van der Waals surface area contributed by atoms with E-state index in [0.717, 1.165) is 11.3 Å². The highest BCUT2D eigenvalue weighted by atomic mass is 32.2. The molecule has 0 heterocycles. The van der Waals surface area contributed by atoms with Crippen molar-refractivity contribution in [1.82, 2.24) is 5.43 Å². The maximum absolute atomic E-state index is 10.6. The second-order valence-corrected chi connectivity index (χ2v) is 5.95. The molecule has 2 aromatic carbocycles. The van der Waals surface area contributed by atoms with E-state index in [1.54, 1.807) is 11.8 Å². The summed E-state index contributed by atoms with van der Waals surface area (Å²) in [4.78, 5) is 11.8. The normalized spacial score (nSPS) is 10.7. The summed E-state index contributed by atoms with van der Waals surface area (Å²) >= 11 is 1.74. The van der Waals surface area contributed by atoms with Crippen LogP contribution >= 0.6 is 11.8 Å². The minimum Gasteiger partial charge on any atom is -0.492 e. The van der Waals surface area contributed by atoms with E-state index in [-0.39, 0.29) is 0 Å². The first kappa shape index (κ1) is 16.9. The highest BCUT2D eigenvalue weighted by Crippen LogP contribution is 2.20. The smallest absolute Gasteiger partial charge is 0.332 e. The van der Waals surface area contributed by atoms with Crippen molar-refractivity contribution in [3.63, 3.8) is 0 Å². The van der Waals surface area contributed by atoms with Crippen molar-refractivity contribution in [2.75, 3.05) is 12.4 Å². The maximum Gasteiger partial charge on any atom is 0.332 e. The Morgan fingerprint density at radius 1 is 1.26 bits per heavy atom. The number of nitrogens with two attached hydrogens (primary N) is 1. The van der Waals surface area contributed by atoms with Crippen LogP contribution in [0.5, 0.6) is 5.75 Å². The highest BCUT2D eigenvalue weighted by Gasteiger charge is 2.01. The molecule has 2 rings (SSSR count). The van der Waals surface area contributed by atoms with Crippen LogP contribution in [0, 0.1) is 6.92 Å². The van der Waals surface area contributed by atoms with Crippen molar-refractivity contribution in [3.05, 3.63) is 59.7 Å². The molecule has 0 aromatic heterocycles. The van der Waals surface area contributed by atoms with E-state index in [4.69, 9.17) is 10.5 Å². The van der Waals surface area contributed by atoms with Gasteiger partial charge < -0.3 is 10.5 Å². The molecule has 0 radical (unpaired) electrons. The number of para-hydroxylation sites is 1. The third-order valence-corrected chi connectivity index (χ3v) is 3.90. The van der Waals surface area contributed by atoms with Crippen molar-refractivity contribution in [2.45, 2.75) is 11.8 Å². The first-order chi connectivity index (χ1) is 11.1. The van der Waals surface area contributed by atoms with Crippen LogP contribution in [0.2, 0.25) is 0 Å². The topological polar surface area (TPSA) is 76.7 Å². The summed E-state index contributed by atoms with van der Waals surface area (Å²) in [6, 6.07) is 15.2. The van der Waals surface area contributed by atoms with Crippen molar-refractivity contribution in [3.8, 4) is 5.75 Å². The van der Waals surface area contributed by atoms with Gasteiger partial charge in [0.05, 0.1) is 12.8 Å². The van der Waals surface area contributed by atoms with Crippen molar-refractivity contribution in [2.24, 2.45) is 10.8 Å². The molecule has 3 N–H and O–H groups in total. The lowest BCUT2D eigenvalue weighted by molar-refractivity contribution is 0.249. The van der Waals surface area contributed by atoms with Gasteiger partial charge in [-0.15, -0.1) is 11.8 Å². The number of amides is 2. The zero-order valence-electron chi connectivity index (χ0n) is 12.9. The number of rotatable bonds is 7. The van der Waals surface area contributed by atoms with Crippen molar-refractivity contribution < 1.29 is 9.53 Å². The minimum atomic E-state index is -0.700. The Bertz CT molecular complexity index is 672. The van der Waals surface area contributed by atoms with Crippen molar-refractivity contribution in [1.29, 1.82) is 0 Å². The van der Waals surface area contributed by atoms with Crippen LogP contribution in [0.15, 0.2) is 58.5 Å². The Balaban J connectivity index is 1.84. The van der Waals surface area contributed by atoms with Gasteiger partial charge in [0.25, 0.3) is 0 Å². The average molecular weight is 329 g/mol. The summed E-state index contributed by atoms with van der Waals surface area (Å²) in [5.74, 6) is 1.56. The van der Waals surface area contributed by atoms with Gasteiger partial charge in [0, 0.05) is 16.2 Å². The third-order valence-electron chi connectivity index (χ3n) is 2.93. The van der Waals surface area contributed by atoms with E-state index in [9.17, 15) is 4.79 Å². The number of carbonyl (C=O) groups is 1. The van der Waals surface area contributed by atoms with Gasteiger partial charge in [-0.25, -0.2) is 10.2 Å². The van der Waals surface area contributed by atoms with E-state index < -0.39 is 6.03 Å². The Kier molecular flexibility index (Phi) is 6.50. The lowest BCUT2D eigenvalue weighted by Crippen LogP contribution is -2.24. The van der Waals surface area contributed by atoms with Gasteiger partial charge >= 0.3 is 6.03 Å². The van der Waals surface area contributed by atoms with Crippen LogP contribution in [-0.4, -0.2) is 24.6 Å². The summed E-state index contributed by atoms with van der Waals surface area (Å²) in [7, 11) is 0. The highest BCUT2D eigenvalue weighted by molar-refractivity contribution is 7.99. The van der Waals surface area contributed by atoms with Gasteiger partial charge in [0.1, 0.15) is 5.75 Å². The molecule has 0 saturated carbocycles. The summed E-state index contributed by atoms with van der Waals surface area (Å²) < 4.78 is 5.78. The van der Waals surface area contributed by atoms with E-state index in [1.165, 1.54) is 16.7 Å². The van der Waals surface area contributed by atoms with Gasteiger partial charge in [-0.3, -0.25) is 0 Å². The lowest BCUT2D eigenvalue weighted by Gasteiger charge is -2.09. The maximum atomic E-state index is 10.6. The SMILES string of the molecule is Cc1ccc(SCCOc2ccccc2C=NNC(N)=O)cc1. The number of hydrazone groups is 1. The molecule has 120 valence electrons. The van der Waals surface area contributed by atoms with Gasteiger partial charge in [-0.1, -0.05) is 29.8 Å². The number of benzene rings is 2. The average Bonchev–Trinajstić information content (AvgIpc) is 2.54. The molecule has 0 fully saturated rings. The first-order valence-electron chi connectivity index (χ1n) is 7.15. The molecular weight excluding hydrogens is 310 g/mol. The molecule has 0 aliphatic rings. The Morgan fingerprint density at radius 3 is 2.74 bits per heavy atom. The van der Waals surface area contributed by atoms with Crippen LogP contribution < -0.4 is 15.9 Å². The van der Waals surface area contributed by atoms with Crippen molar-refractivity contribution >= 4 is 24.0 Å². The second kappa shape index (κ2) is 8.85. The predicted molar refractivity (Wildman–Crippen MR) is 94.2 cm³/mol. The van der Waals surface area contributed by atoms with E-state index >= 15 is 0 Å². The second-order valence-electron chi connectivity index (χ2n) is 4.78. The molecule has 0 atom stereocenters. The van der Waals surface area contributed by atoms with Crippen LogP contribution in [0.4, 0.5) is 4.79 Å². The Hall–Kier alpha value is -2.47. The molecular formula is C17H19N3O2S. The van der Waals surface area contributed by atoms with Crippen LogP contribution in [0.25, 0.3) is 0 Å². The monoisotopic (exact) mass is 329 g/mol. The molecule has 0 bridgehead atoms. The number of nitrogens with zero attached hydrogens (tertiary/aromatic N) is 1. The van der Waals surface area contributed by atoms with Gasteiger partial charge in [0.2, 0.25) is 0 Å². The molecule has 0 aliphatic carbocycles. The largest absolute Gasteiger partial charge is 0.492 e. The van der Waals surface area contributed by atoms with Crippen LogP contribution in [-0.2, 0) is 0 Å². The van der Waals surface area contributed by atoms with E-state index in [2.05, 4.69) is 41.7 Å². The predicted octanol–water partition coefficient (Wildman–Crippen LogP) is 3.17. The number of nitrogens with one attached hydrogen (secondary N) is 1. The number of primary amides is 1. The number of urea groups is 1. The number of aryl methyl sites for hydroxylation is 1. The number of hydrogen-bond acceptors (Lipinski definition) is 4. The molecule has 6 heteroatoms. The first-order valence-corrected chi connectivity index (χ1v) is 8.13. The summed E-state index contributed by atoms with van der Waals surface area (Å²) in [6.07, 6.45) is 1.51. The van der Waals surface area contributed by atoms with Gasteiger partial charge in [0.15, 0.2) is 0 Å². The molecule has 0 aliphatic heterocycles. The molecule has 2 amide bonds. The quantitative estimate of drug-likeness (QED) is 0.354. The Morgan fingerprint density at radius 2 is 2.00 bits per heavy atom. The Labute approximate surface area is 139 Å². The molecule has 23 heavy (non-hydrogen) atoms. The summed E-state index contributed by atoms with van der Waals surface area (Å²) in [5, 5.41) is 3.75. The summed E-state index contributed by atoms with van der Waals surface area (Å²) in [6.45, 7) is 2.65. The van der Waals surface area contributed by atoms with Crippen LogP contribution in [0.1, 0.15) is 11.1 Å². The van der Waals surface area contributed by atoms with E-state index in [1.807, 2.05) is 24.3 Å². The summed E-state index contributed by atoms with van der Waals surface area (Å²) in [5.41, 5.74) is 9.16. The van der Waals surface area contributed by atoms with Gasteiger partial charge in [-0.05, 0) is 31.2 Å². The fourth-order valence-electron chi connectivity index (χ4n) is 1.83. The zero-order chi connectivity index (χ0) is 16.5. The lowest BCUT2D eigenvalue weighted by atomic mass is 10.2. The molecule has 0 saturated heterocycles. The fraction of sp³-hybridized carbons (Fsp3) is 0.176. The van der Waals surface area contributed by atoms with Crippen LogP contribution in [0.3, 0.4) is 0 Å². The minimum absolute atomic E-state index is 0.576. The van der Waals surface area contributed by atoms with E-state index in [0.29, 0.717) is 12.4 Å². The molecule has 0 unspecified atom stereocenters. The number of carbonyl (C=O) groups excluding carboxylic acids is 1. The number of ether oxygens (including phenoxy) is 1. The third kappa shape index (κ3) is 6.04. The zero-order valence-corrected chi connectivity index (χ0v) is 13.7. The molecule has 0 spiro atoms. The molecule has 2 aromatic rings. The number of thioether (sulfide) groups is 1. The standard InChI is InChI=1S/C17H19N3O2S/c1-13-6-8-15(9-7-13)23-11-10-22-16-5-3-2-4-14(16)12-19-20-17(18)21/h2-9,12H,10-11H2,1H3,(H3,18,20,21). The fourth-order valence-corrected chi connectivity index (χ4v) is 2.56.